The molecule has 2 aromatic carbocycles. The third-order valence-electron chi connectivity index (χ3n) is 7.92. The van der Waals surface area contributed by atoms with Crippen molar-refractivity contribution in [2.45, 2.75) is 43.7 Å². The van der Waals surface area contributed by atoms with Crippen LogP contribution in [0.4, 0.5) is 5.69 Å². The Hall–Kier alpha value is -2.74. The molecule has 2 aliphatic rings. The van der Waals surface area contributed by atoms with Gasteiger partial charge in [-0.25, -0.2) is 8.42 Å². The zero-order valence-corrected chi connectivity index (χ0v) is 26.4. The SMILES string of the molecule is C[C@H](CO)N1C[C@H](C)[C@@H](CN(C)S(=O)(=O)c2ccc(Cl)cc2)Oc2ccc(NC(=O)CCN3CCOCC3)cc2CC1=O. The molecule has 236 valence electrons. The fourth-order valence-electron chi connectivity index (χ4n) is 5.17. The highest BCUT2D eigenvalue weighted by Gasteiger charge is 2.33. The summed E-state index contributed by atoms with van der Waals surface area (Å²) in [6, 6.07) is 10.7. The normalized spacial score (nSPS) is 20.9. The monoisotopic (exact) mass is 636 g/mol. The third-order valence-corrected chi connectivity index (χ3v) is 10.0. The smallest absolute Gasteiger partial charge is 0.242 e. The molecule has 1 fully saturated rings. The van der Waals surface area contributed by atoms with Gasteiger partial charge in [0, 0.05) is 61.8 Å². The van der Waals surface area contributed by atoms with Gasteiger partial charge in [0.1, 0.15) is 11.9 Å². The lowest BCUT2D eigenvalue weighted by Crippen LogP contribution is -2.48. The van der Waals surface area contributed by atoms with E-state index in [9.17, 15) is 23.1 Å². The van der Waals surface area contributed by atoms with Crippen LogP contribution in [0.25, 0.3) is 0 Å². The number of hydrogen-bond donors (Lipinski definition) is 2. The van der Waals surface area contributed by atoms with Crippen molar-refractivity contribution >= 4 is 39.1 Å². The summed E-state index contributed by atoms with van der Waals surface area (Å²) in [5.41, 5.74) is 1.10. The number of nitrogens with one attached hydrogen (secondary N) is 1. The Balaban J connectivity index is 1.56. The number of likely N-dealkylation sites (N-methyl/N-ethyl adjacent to an activating group) is 1. The molecule has 0 aliphatic carbocycles. The zero-order valence-electron chi connectivity index (χ0n) is 24.9. The van der Waals surface area contributed by atoms with Crippen molar-refractivity contribution in [2.75, 3.05) is 64.9 Å². The highest BCUT2D eigenvalue weighted by atomic mass is 35.5. The van der Waals surface area contributed by atoms with E-state index in [0.717, 1.165) is 13.1 Å². The minimum absolute atomic E-state index is 0.00445. The van der Waals surface area contributed by atoms with Crippen molar-refractivity contribution < 1.29 is 32.6 Å². The summed E-state index contributed by atoms with van der Waals surface area (Å²) in [5, 5.41) is 13.2. The van der Waals surface area contributed by atoms with Gasteiger partial charge in [-0.05, 0) is 49.4 Å². The van der Waals surface area contributed by atoms with E-state index < -0.39 is 22.2 Å². The van der Waals surface area contributed by atoms with Gasteiger partial charge in [-0.3, -0.25) is 14.5 Å². The highest BCUT2D eigenvalue weighted by molar-refractivity contribution is 7.89. The number of carbonyl (C=O) groups excluding carboxylic acids is 2. The quantitative estimate of drug-likeness (QED) is 0.407. The molecule has 1 saturated heterocycles. The van der Waals surface area contributed by atoms with Gasteiger partial charge in [-0.2, -0.15) is 4.31 Å². The van der Waals surface area contributed by atoms with E-state index in [1.165, 1.54) is 35.6 Å². The van der Waals surface area contributed by atoms with Gasteiger partial charge in [-0.15, -0.1) is 0 Å². The van der Waals surface area contributed by atoms with Crippen LogP contribution in [-0.2, 0) is 30.8 Å². The molecule has 2 N–H and O–H groups in total. The van der Waals surface area contributed by atoms with Crippen LogP contribution in [0.2, 0.25) is 5.02 Å². The molecule has 0 unspecified atom stereocenters. The Kier molecular flexibility index (Phi) is 11.4. The lowest BCUT2D eigenvalue weighted by Gasteiger charge is -2.33. The van der Waals surface area contributed by atoms with Crippen LogP contribution in [0.5, 0.6) is 5.75 Å². The molecule has 11 nitrogen and oxygen atoms in total. The maximum atomic E-state index is 13.5. The summed E-state index contributed by atoms with van der Waals surface area (Å²) in [5.74, 6) is -0.187. The Morgan fingerprint density at radius 2 is 1.88 bits per heavy atom. The maximum Gasteiger partial charge on any atom is 0.242 e. The van der Waals surface area contributed by atoms with E-state index in [0.29, 0.717) is 48.2 Å². The van der Waals surface area contributed by atoms with Crippen LogP contribution < -0.4 is 10.1 Å². The van der Waals surface area contributed by atoms with Crippen molar-refractivity contribution in [3.63, 3.8) is 0 Å². The number of amides is 2. The second-order valence-electron chi connectivity index (χ2n) is 11.2. The lowest BCUT2D eigenvalue weighted by atomic mass is 10.0. The van der Waals surface area contributed by atoms with E-state index >= 15 is 0 Å². The molecular weight excluding hydrogens is 596 g/mol. The number of hydrogen-bond acceptors (Lipinski definition) is 8. The molecule has 43 heavy (non-hydrogen) atoms. The molecule has 4 rings (SSSR count). The molecule has 0 radical (unpaired) electrons. The van der Waals surface area contributed by atoms with Gasteiger partial charge in [-0.1, -0.05) is 18.5 Å². The first-order valence-electron chi connectivity index (χ1n) is 14.5. The van der Waals surface area contributed by atoms with Gasteiger partial charge in [0.05, 0.1) is 43.7 Å². The topological polar surface area (TPSA) is 129 Å². The average molecular weight is 637 g/mol. The van der Waals surface area contributed by atoms with Crippen LogP contribution >= 0.6 is 11.6 Å². The number of halogens is 1. The number of aliphatic hydroxyl groups is 1. The average Bonchev–Trinajstić information content (AvgIpc) is 3.03. The summed E-state index contributed by atoms with van der Waals surface area (Å²) < 4.78 is 39.7. The minimum Gasteiger partial charge on any atom is -0.488 e. The minimum atomic E-state index is -3.85. The van der Waals surface area contributed by atoms with Crippen LogP contribution in [0, 0.1) is 5.92 Å². The maximum absolute atomic E-state index is 13.5. The zero-order chi connectivity index (χ0) is 31.1. The fourth-order valence-corrected chi connectivity index (χ4v) is 6.48. The van der Waals surface area contributed by atoms with Crippen molar-refractivity contribution in [1.29, 1.82) is 0 Å². The number of anilines is 1. The van der Waals surface area contributed by atoms with Crippen molar-refractivity contribution in [2.24, 2.45) is 5.92 Å². The van der Waals surface area contributed by atoms with Gasteiger partial charge < -0.3 is 24.8 Å². The van der Waals surface area contributed by atoms with Gasteiger partial charge >= 0.3 is 0 Å². The van der Waals surface area contributed by atoms with E-state index in [1.807, 2.05) is 6.92 Å². The molecular formula is C30H41ClN4O7S. The third kappa shape index (κ3) is 8.68. The summed E-state index contributed by atoms with van der Waals surface area (Å²) in [6.45, 7) is 7.26. The number of ether oxygens (including phenoxy) is 2. The Labute approximate surface area is 258 Å². The molecule has 2 heterocycles. The van der Waals surface area contributed by atoms with E-state index in [-0.39, 0.29) is 48.7 Å². The van der Waals surface area contributed by atoms with Crippen LogP contribution in [0.15, 0.2) is 47.4 Å². The lowest BCUT2D eigenvalue weighted by molar-refractivity contribution is -0.134. The highest BCUT2D eigenvalue weighted by Crippen LogP contribution is 2.30. The molecule has 2 aliphatic heterocycles. The van der Waals surface area contributed by atoms with E-state index in [4.69, 9.17) is 21.1 Å². The number of aliphatic hydroxyl groups excluding tert-OH is 1. The predicted octanol–water partition coefficient (Wildman–Crippen LogP) is 2.47. The number of benzene rings is 2. The number of fused-ring (bicyclic) bond motifs is 1. The van der Waals surface area contributed by atoms with E-state index in [2.05, 4.69) is 10.2 Å². The van der Waals surface area contributed by atoms with Gasteiger partial charge in [0.15, 0.2) is 0 Å². The summed E-state index contributed by atoms with van der Waals surface area (Å²) >= 11 is 5.96. The van der Waals surface area contributed by atoms with Crippen LogP contribution in [0.3, 0.4) is 0 Å². The molecule has 13 heteroatoms. The Morgan fingerprint density at radius 1 is 1.19 bits per heavy atom. The Morgan fingerprint density at radius 3 is 2.56 bits per heavy atom. The second-order valence-corrected chi connectivity index (χ2v) is 13.7. The van der Waals surface area contributed by atoms with Crippen LogP contribution in [0.1, 0.15) is 25.8 Å². The standard InChI is InChI=1S/C30H41ClN4O7S/c1-21-18-35(22(2)20-36)30(38)17-23-16-25(32-29(37)10-11-34-12-14-41-15-13-34)6-9-27(23)42-28(21)19-33(3)43(39,40)26-7-4-24(31)5-8-26/h4-9,16,21-22,28,36H,10-15,17-20H2,1-3H3,(H,32,37)/t21-,22+,28+/m0/s1. The number of nitrogens with zero attached hydrogens (tertiary/aromatic N) is 3. The van der Waals surface area contributed by atoms with E-state index in [1.54, 1.807) is 30.0 Å². The molecule has 0 spiro atoms. The number of carbonyl (C=O) groups is 2. The van der Waals surface area contributed by atoms with Gasteiger partial charge in [0.2, 0.25) is 21.8 Å². The summed E-state index contributed by atoms with van der Waals surface area (Å²) in [7, 11) is -2.36. The molecule has 3 atom stereocenters. The van der Waals surface area contributed by atoms with Crippen molar-refractivity contribution in [3.05, 3.63) is 53.1 Å². The molecule has 2 amide bonds. The molecule has 0 bridgehead atoms. The van der Waals surface area contributed by atoms with Crippen molar-refractivity contribution in [3.8, 4) is 5.75 Å². The molecule has 0 saturated carbocycles. The molecule has 0 aromatic heterocycles. The predicted molar refractivity (Wildman–Crippen MR) is 164 cm³/mol. The number of rotatable bonds is 10. The first kappa shape index (κ1) is 33.2. The number of morpholine rings is 1. The van der Waals surface area contributed by atoms with Crippen LogP contribution in [-0.4, -0.2) is 111 Å². The second kappa shape index (κ2) is 14.8. The fraction of sp³-hybridized carbons (Fsp3) is 0.533. The summed E-state index contributed by atoms with van der Waals surface area (Å²) in [4.78, 5) is 30.1. The van der Waals surface area contributed by atoms with Gasteiger partial charge in [0.25, 0.3) is 0 Å². The van der Waals surface area contributed by atoms with Crippen molar-refractivity contribution in [1.82, 2.24) is 14.1 Å². The first-order valence-corrected chi connectivity index (χ1v) is 16.3. The first-order chi connectivity index (χ1) is 20.5. The number of sulfonamides is 1. The summed E-state index contributed by atoms with van der Waals surface area (Å²) in [6.07, 6.45) is -0.309. The largest absolute Gasteiger partial charge is 0.488 e. The Bertz CT molecular complexity index is 1370. The molecule has 2 aromatic rings.